The van der Waals surface area contributed by atoms with Crippen molar-refractivity contribution in [2.24, 2.45) is 5.73 Å². The van der Waals surface area contributed by atoms with Crippen molar-refractivity contribution in [1.82, 2.24) is 4.72 Å². The fourth-order valence-corrected chi connectivity index (χ4v) is 2.89. The zero-order chi connectivity index (χ0) is 15.9. The summed E-state index contributed by atoms with van der Waals surface area (Å²) in [5, 5.41) is 0. The monoisotopic (exact) mass is 330 g/mol. The van der Waals surface area contributed by atoms with Crippen LogP contribution in [-0.2, 0) is 25.3 Å². The molecule has 8 heteroatoms. The number of benzene rings is 1. The summed E-state index contributed by atoms with van der Waals surface area (Å²) in [6.45, 7) is 1.98. The Balaban J connectivity index is 2.58. The highest BCUT2D eigenvalue weighted by atomic mass is 32.2. The van der Waals surface area contributed by atoms with Crippen molar-refractivity contribution in [3.05, 3.63) is 35.4 Å². The fourth-order valence-electron chi connectivity index (χ4n) is 1.63. The van der Waals surface area contributed by atoms with E-state index in [4.69, 9.17) is 22.7 Å². The van der Waals surface area contributed by atoms with E-state index >= 15 is 0 Å². The van der Waals surface area contributed by atoms with Gasteiger partial charge in [-0.15, -0.1) is 0 Å². The Morgan fingerprint density at radius 1 is 1.43 bits per heavy atom. The Hall–Kier alpha value is -1.51. The SMILES string of the molecule is CCOC(=O)CCNS(=O)(=O)Cc1cccc(C(N)=S)c1. The van der Waals surface area contributed by atoms with Crippen molar-refractivity contribution in [1.29, 1.82) is 0 Å². The van der Waals surface area contributed by atoms with E-state index in [0.29, 0.717) is 11.1 Å². The zero-order valence-electron chi connectivity index (χ0n) is 11.7. The molecule has 0 saturated heterocycles. The van der Waals surface area contributed by atoms with Crippen LogP contribution in [-0.4, -0.2) is 32.5 Å². The van der Waals surface area contributed by atoms with Gasteiger partial charge in [-0.25, -0.2) is 13.1 Å². The summed E-state index contributed by atoms with van der Waals surface area (Å²) < 4.78 is 30.9. The van der Waals surface area contributed by atoms with E-state index in [2.05, 4.69) is 4.72 Å². The van der Waals surface area contributed by atoms with E-state index < -0.39 is 16.0 Å². The van der Waals surface area contributed by atoms with Gasteiger partial charge in [0.1, 0.15) is 4.99 Å². The van der Waals surface area contributed by atoms with Gasteiger partial charge in [0.2, 0.25) is 10.0 Å². The lowest BCUT2D eigenvalue weighted by Crippen LogP contribution is -2.28. The first kappa shape index (κ1) is 17.5. The number of nitrogens with one attached hydrogen (secondary N) is 1. The molecule has 0 spiro atoms. The third-order valence-corrected chi connectivity index (χ3v) is 4.12. The average Bonchev–Trinajstić information content (AvgIpc) is 2.38. The lowest BCUT2D eigenvalue weighted by molar-refractivity contribution is -0.142. The quantitative estimate of drug-likeness (QED) is 0.538. The van der Waals surface area contributed by atoms with Crippen molar-refractivity contribution in [2.75, 3.05) is 13.2 Å². The molecule has 6 nitrogen and oxygen atoms in total. The molecule has 0 aliphatic heterocycles. The molecule has 1 aromatic carbocycles. The van der Waals surface area contributed by atoms with Gasteiger partial charge in [0.25, 0.3) is 0 Å². The molecule has 0 fully saturated rings. The topological polar surface area (TPSA) is 98.5 Å². The molecule has 0 atom stereocenters. The number of ether oxygens (including phenoxy) is 1. The van der Waals surface area contributed by atoms with Gasteiger partial charge in [0.15, 0.2) is 0 Å². The van der Waals surface area contributed by atoms with Crippen LogP contribution in [0.15, 0.2) is 24.3 Å². The number of hydrogen-bond donors (Lipinski definition) is 2. The van der Waals surface area contributed by atoms with Gasteiger partial charge in [-0.05, 0) is 18.6 Å². The van der Waals surface area contributed by atoms with E-state index in [9.17, 15) is 13.2 Å². The Kier molecular flexibility index (Phi) is 6.73. The van der Waals surface area contributed by atoms with Crippen molar-refractivity contribution >= 4 is 33.2 Å². The number of thiocarbonyl (C=S) groups is 1. The van der Waals surface area contributed by atoms with Gasteiger partial charge in [-0.1, -0.05) is 30.4 Å². The lowest BCUT2D eigenvalue weighted by Gasteiger charge is -2.08. The summed E-state index contributed by atoms with van der Waals surface area (Å²) in [5.74, 6) is -0.637. The van der Waals surface area contributed by atoms with Crippen molar-refractivity contribution < 1.29 is 17.9 Å². The second-order valence-corrected chi connectivity index (χ2v) is 6.52. The average molecular weight is 330 g/mol. The number of carbonyl (C=O) groups excluding carboxylic acids is 1. The Bertz CT molecular complexity index is 614. The van der Waals surface area contributed by atoms with Crippen LogP contribution < -0.4 is 10.5 Å². The van der Waals surface area contributed by atoms with Crippen LogP contribution in [0.2, 0.25) is 0 Å². The minimum atomic E-state index is -3.53. The van der Waals surface area contributed by atoms with E-state index in [1.54, 1.807) is 31.2 Å². The summed E-state index contributed by atoms with van der Waals surface area (Å²) in [4.78, 5) is 11.3. The minimum Gasteiger partial charge on any atom is -0.466 e. The maximum atomic E-state index is 11.9. The van der Waals surface area contributed by atoms with Crippen LogP contribution in [0.3, 0.4) is 0 Å². The molecular weight excluding hydrogens is 312 g/mol. The predicted octanol–water partition coefficient (Wildman–Crippen LogP) is 0.693. The largest absolute Gasteiger partial charge is 0.466 e. The molecule has 0 heterocycles. The molecule has 21 heavy (non-hydrogen) atoms. The maximum Gasteiger partial charge on any atom is 0.307 e. The van der Waals surface area contributed by atoms with Gasteiger partial charge in [-0.2, -0.15) is 0 Å². The van der Waals surface area contributed by atoms with Gasteiger partial charge in [0.05, 0.1) is 18.8 Å². The van der Waals surface area contributed by atoms with Gasteiger partial charge >= 0.3 is 5.97 Å². The van der Waals surface area contributed by atoms with Crippen LogP contribution in [0.1, 0.15) is 24.5 Å². The summed E-state index contributed by atoms with van der Waals surface area (Å²) in [6, 6.07) is 6.71. The zero-order valence-corrected chi connectivity index (χ0v) is 13.3. The first-order valence-electron chi connectivity index (χ1n) is 6.35. The number of esters is 1. The summed E-state index contributed by atoms with van der Waals surface area (Å²) in [6.07, 6.45) is -0.00000436. The van der Waals surface area contributed by atoms with Crippen molar-refractivity contribution in [3.8, 4) is 0 Å². The fraction of sp³-hybridized carbons (Fsp3) is 0.385. The number of sulfonamides is 1. The van der Waals surface area contributed by atoms with E-state index in [-0.39, 0.29) is 30.3 Å². The first-order valence-corrected chi connectivity index (χ1v) is 8.42. The first-order chi connectivity index (χ1) is 9.84. The van der Waals surface area contributed by atoms with Crippen LogP contribution in [0, 0.1) is 0 Å². The number of rotatable bonds is 8. The molecule has 0 aliphatic carbocycles. The Labute approximate surface area is 129 Å². The molecule has 1 rings (SSSR count). The molecular formula is C13H18N2O4S2. The molecule has 0 radical (unpaired) electrons. The Morgan fingerprint density at radius 2 is 2.14 bits per heavy atom. The van der Waals surface area contributed by atoms with Gasteiger partial charge in [-0.3, -0.25) is 4.79 Å². The normalized spacial score (nSPS) is 11.1. The predicted molar refractivity (Wildman–Crippen MR) is 84.2 cm³/mol. The van der Waals surface area contributed by atoms with Crippen LogP contribution in [0.25, 0.3) is 0 Å². The summed E-state index contributed by atoms with van der Waals surface area (Å²) in [7, 11) is -3.53. The van der Waals surface area contributed by atoms with Crippen LogP contribution in [0.5, 0.6) is 0 Å². The summed E-state index contributed by atoms with van der Waals surface area (Å²) in [5.41, 5.74) is 6.69. The third kappa shape index (κ3) is 6.65. The van der Waals surface area contributed by atoms with Crippen LogP contribution in [0.4, 0.5) is 0 Å². The molecule has 0 unspecified atom stereocenters. The smallest absolute Gasteiger partial charge is 0.307 e. The second-order valence-electron chi connectivity index (χ2n) is 4.27. The lowest BCUT2D eigenvalue weighted by atomic mass is 10.1. The van der Waals surface area contributed by atoms with E-state index in [1.165, 1.54) is 0 Å². The molecule has 0 amide bonds. The van der Waals surface area contributed by atoms with Crippen molar-refractivity contribution in [3.63, 3.8) is 0 Å². The van der Waals surface area contributed by atoms with Gasteiger partial charge < -0.3 is 10.5 Å². The molecule has 0 aromatic heterocycles. The number of nitrogens with two attached hydrogens (primary N) is 1. The standard InChI is InChI=1S/C13H18N2O4S2/c1-2-19-12(16)6-7-15-21(17,18)9-10-4-3-5-11(8-10)13(14)20/h3-5,8,15H,2,6-7,9H2,1H3,(H2,14,20). The molecule has 0 saturated carbocycles. The second kappa shape index (κ2) is 8.06. The van der Waals surface area contributed by atoms with Crippen LogP contribution >= 0.6 is 12.2 Å². The molecule has 0 aliphatic rings. The van der Waals surface area contributed by atoms with E-state index in [0.717, 1.165) is 0 Å². The molecule has 1 aromatic rings. The third-order valence-electron chi connectivity index (χ3n) is 2.52. The number of carbonyl (C=O) groups is 1. The minimum absolute atomic E-state index is 0.00000436. The highest BCUT2D eigenvalue weighted by Gasteiger charge is 2.13. The van der Waals surface area contributed by atoms with Crippen molar-refractivity contribution in [2.45, 2.75) is 19.1 Å². The summed E-state index contributed by atoms with van der Waals surface area (Å²) >= 11 is 4.85. The highest BCUT2D eigenvalue weighted by molar-refractivity contribution is 7.88. The maximum absolute atomic E-state index is 11.9. The molecule has 3 N–H and O–H groups in total. The van der Waals surface area contributed by atoms with Gasteiger partial charge in [0, 0.05) is 12.1 Å². The Morgan fingerprint density at radius 3 is 2.76 bits per heavy atom. The highest BCUT2D eigenvalue weighted by Crippen LogP contribution is 2.08. The molecule has 116 valence electrons. The van der Waals surface area contributed by atoms with E-state index in [1.807, 2.05) is 0 Å². The molecule has 0 bridgehead atoms. The number of hydrogen-bond acceptors (Lipinski definition) is 5.